The summed E-state index contributed by atoms with van der Waals surface area (Å²) >= 11 is 0. The minimum atomic E-state index is 0. The van der Waals surface area contributed by atoms with Crippen LogP contribution in [-0.2, 0) is 42.1 Å². The fraction of sp³-hybridized carbons (Fsp3) is 1.00. The molecule has 0 heterocycles. The van der Waals surface area contributed by atoms with E-state index < -0.39 is 0 Å². The second-order valence-electron chi connectivity index (χ2n) is 5.22. The molecule has 0 unspecified atom stereocenters. The molecule has 20 heavy (non-hydrogen) atoms. The summed E-state index contributed by atoms with van der Waals surface area (Å²) in [5, 5.41) is 0. The summed E-state index contributed by atoms with van der Waals surface area (Å²) in [5.41, 5.74) is 22.6. The smallest absolute Gasteiger partial charge is 0.870 e. The van der Waals surface area contributed by atoms with Gasteiger partial charge in [-0.3, -0.25) is 0 Å². The Morgan fingerprint density at radius 3 is 0.700 bits per heavy atom. The standard InChI is InChI=1S/2C6H14N2.2H2O.2Pt/c2*7-5-3-1-2-4-6(5)8;;;;/h2*5-6H,1-4,7-8H2;2*1H2;;/q;;;;2*+4/p-2/t2*5-,6-;;;;/m11..../s1. The molecule has 0 amide bonds. The van der Waals surface area contributed by atoms with Crippen LogP contribution < -0.4 is 22.9 Å². The topological polar surface area (TPSA) is 164 Å². The summed E-state index contributed by atoms with van der Waals surface area (Å²) < 4.78 is 0. The Morgan fingerprint density at radius 2 is 0.600 bits per heavy atom. The number of nitrogens with two attached hydrogens (primary N) is 4. The minimum absolute atomic E-state index is 0. The molecule has 0 bridgehead atoms. The Hall–Kier alpha value is 1.14. The van der Waals surface area contributed by atoms with Crippen molar-refractivity contribution in [2.45, 2.75) is 75.5 Å². The summed E-state index contributed by atoms with van der Waals surface area (Å²) in [6, 6.07) is 1.12. The van der Waals surface area contributed by atoms with Crippen molar-refractivity contribution >= 4 is 0 Å². The first-order chi connectivity index (χ1) is 7.61. The van der Waals surface area contributed by atoms with Gasteiger partial charge in [0.25, 0.3) is 0 Å². The van der Waals surface area contributed by atoms with Crippen LogP contribution in [0, 0.1) is 0 Å². The van der Waals surface area contributed by atoms with Crippen LogP contribution in [0.5, 0.6) is 0 Å². The van der Waals surface area contributed by atoms with Crippen LogP contribution in [-0.4, -0.2) is 35.1 Å². The Balaban J connectivity index is -0.000000107. The van der Waals surface area contributed by atoms with Crippen molar-refractivity contribution in [2.24, 2.45) is 22.9 Å². The molecule has 0 aromatic rings. The second kappa shape index (κ2) is 16.5. The Bertz CT molecular complexity index is 164. The first kappa shape index (κ1) is 29.2. The van der Waals surface area contributed by atoms with Crippen LogP contribution in [0.25, 0.3) is 0 Å². The largest absolute Gasteiger partial charge is 4.00 e. The molecule has 2 aliphatic rings. The van der Waals surface area contributed by atoms with Crippen molar-refractivity contribution < 1.29 is 53.1 Å². The van der Waals surface area contributed by atoms with E-state index in [1.54, 1.807) is 0 Å². The van der Waals surface area contributed by atoms with E-state index in [0.29, 0.717) is 0 Å². The van der Waals surface area contributed by atoms with Crippen molar-refractivity contribution in [3.8, 4) is 0 Å². The van der Waals surface area contributed by atoms with E-state index in [2.05, 4.69) is 0 Å². The molecular weight excluding hydrogens is 622 g/mol. The van der Waals surface area contributed by atoms with Crippen LogP contribution in [0.15, 0.2) is 0 Å². The number of rotatable bonds is 0. The molecule has 8 heteroatoms. The molecule has 0 aromatic heterocycles. The van der Waals surface area contributed by atoms with E-state index >= 15 is 0 Å². The van der Waals surface area contributed by atoms with Crippen LogP contribution in [0.4, 0.5) is 0 Å². The van der Waals surface area contributed by atoms with Crippen molar-refractivity contribution in [2.75, 3.05) is 0 Å². The quantitative estimate of drug-likeness (QED) is 0.290. The van der Waals surface area contributed by atoms with E-state index in [1.807, 2.05) is 0 Å². The molecule has 4 atom stereocenters. The molecule has 2 fully saturated rings. The van der Waals surface area contributed by atoms with Gasteiger partial charge in [-0.05, 0) is 25.7 Å². The van der Waals surface area contributed by atoms with E-state index in [4.69, 9.17) is 22.9 Å². The Kier molecular flexibility index (Phi) is 24.1. The van der Waals surface area contributed by atoms with Crippen LogP contribution >= 0.6 is 0 Å². The number of hydrogen-bond donors (Lipinski definition) is 4. The third-order valence-electron chi connectivity index (χ3n) is 3.75. The SMILES string of the molecule is N[C@@H]1CCCC[C@H]1N.N[C@@H]1CCCC[C@H]1N.[OH-].[OH-].[Pt+4].[Pt+4]. The van der Waals surface area contributed by atoms with Crippen LogP contribution in [0.2, 0.25) is 0 Å². The predicted octanol–water partition coefficient (Wildman–Crippen LogP) is 0.0714. The second-order valence-corrected chi connectivity index (χ2v) is 5.22. The first-order valence-corrected chi connectivity index (χ1v) is 6.63. The van der Waals surface area contributed by atoms with Crippen LogP contribution in [0.1, 0.15) is 51.4 Å². The maximum Gasteiger partial charge on any atom is 4.00 e. The molecule has 2 saturated carbocycles. The van der Waals surface area contributed by atoms with E-state index in [1.165, 1.54) is 25.7 Å². The molecule has 0 aromatic carbocycles. The fourth-order valence-electron chi connectivity index (χ4n) is 2.38. The molecule has 124 valence electrons. The third-order valence-corrected chi connectivity index (χ3v) is 3.75. The van der Waals surface area contributed by atoms with Crippen molar-refractivity contribution in [3.05, 3.63) is 0 Å². The summed E-state index contributed by atoms with van der Waals surface area (Å²) in [5.74, 6) is 0. The van der Waals surface area contributed by atoms with Crippen molar-refractivity contribution in [1.82, 2.24) is 0 Å². The third kappa shape index (κ3) is 11.8. The van der Waals surface area contributed by atoms with Gasteiger partial charge >= 0.3 is 42.1 Å². The molecule has 2 aliphatic carbocycles. The molecule has 0 spiro atoms. The zero-order valence-electron chi connectivity index (χ0n) is 11.8. The molecule has 0 saturated heterocycles. The van der Waals surface area contributed by atoms with Gasteiger partial charge in [-0.15, -0.1) is 0 Å². The van der Waals surface area contributed by atoms with Gasteiger partial charge in [0, 0.05) is 24.2 Å². The van der Waals surface area contributed by atoms with E-state index in [-0.39, 0.29) is 77.3 Å². The molecule has 6 nitrogen and oxygen atoms in total. The van der Waals surface area contributed by atoms with Gasteiger partial charge in [0.15, 0.2) is 0 Å². The maximum atomic E-state index is 5.65. The van der Waals surface area contributed by atoms with Gasteiger partial charge in [0.1, 0.15) is 0 Å². The average Bonchev–Trinajstić information content (AvgIpc) is 2.28. The Morgan fingerprint density at radius 1 is 0.450 bits per heavy atom. The average molecular weight is 653 g/mol. The van der Waals surface area contributed by atoms with Gasteiger partial charge < -0.3 is 33.9 Å². The van der Waals surface area contributed by atoms with Gasteiger partial charge in [-0.2, -0.15) is 0 Å². The summed E-state index contributed by atoms with van der Waals surface area (Å²) in [7, 11) is 0. The van der Waals surface area contributed by atoms with Crippen molar-refractivity contribution in [1.29, 1.82) is 0 Å². The van der Waals surface area contributed by atoms with E-state index in [0.717, 1.165) is 25.7 Å². The van der Waals surface area contributed by atoms with E-state index in [9.17, 15) is 0 Å². The monoisotopic (exact) mass is 652 g/mol. The predicted molar refractivity (Wildman–Crippen MR) is 72.7 cm³/mol. The number of hydrogen-bond acceptors (Lipinski definition) is 6. The van der Waals surface area contributed by atoms with Crippen LogP contribution in [0.3, 0.4) is 0 Å². The summed E-state index contributed by atoms with van der Waals surface area (Å²) in [6.45, 7) is 0. The van der Waals surface area contributed by atoms with Gasteiger partial charge in [0.2, 0.25) is 0 Å². The first-order valence-electron chi connectivity index (χ1n) is 6.63. The molecule has 2 rings (SSSR count). The molecule has 0 aliphatic heterocycles. The molecule has 10 N–H and O–H groups in total. The minimum Gasteiger partial charge on any atom is -0.870 e. The van der Waals surface area contributed by atoms with Gasteiger partial charge in [-0.1, -0.05) is 25.7 Å². The zero-order valence-corrected chi connectivity index (χ0v) is 16.3. The van der Waals surface area contributed by atoms with Gasteiger partial charge in [0.05, 0.1) is 0 Å². The summed E-state index contributed by atoms with van der Waals surface area (Å²) in [4.78, 5) is 0. The maximum absolute atomic E-state index is 5.65. The Labute approximate surface area is 151 Å². The van der Waals surface area contributed by atoms with Gasteiger partial charge in [-0.25, -0.2) is 0 Å². The summed E-state index contributed by atoms with van der Waals surface area (Å²) in [6.07, 6.45) is 9.60. The normalized spacial score (nSPS) is 31.8. The molecular formula is C12H30N4O2Pt2+6. The molecule has 0 radical (unpaired) electrons. The zero-order chi connectivity index (χ0) is 12.0. The fourth-order valence-corrected chi connectivity index (χ4v) is 2.38. The van der Waals surface area contributed by atoms with Crippen molar-refractivity contribution in [3.63, 3.8) is 0 Å².